The van der Waals surface area contributed by atoms with E-state index in [0.29, 0.717) is 6.54 Å². The third-order valence-electron chi connectivity index (χ3n) is 1.90. The number of aryl methyl sites for hydroxylation is 1. The van der Waals surface area contributed by atoms with Gasteiger partial charge < -0.3 is 10.3 Å². The van der Waals surface area contributed by atoms with Crippen LogP contribution in [0.3, 0.4) is 0 Å². The number of nitrogens with zero attached hydrogens (tertiary/aromatic N) is 2. The van der Waals surface area contributed by atoms with Gasteiger partial charge in [-0.15, -0.1) is 0 Å². The average molecular weight is 188 g/mol. The first-order chi connectivity index (χ1) is 6.84. The van der Waals surface area contributed by atoms with Crippen molar-refractivity contribution in [2.45, 2.75) is 13.5 Å². The van der Waals surface area contributed by atoms with E-state index in [0.717, 1.165) is 17.2 Å². The predicted molar refractivity (Wildman–Crippen MR) is 54.9 cm³/mol. The normalized spacial score (nSPS) is 10.1. The van der Waals surface area contributed by atoms with E-state index in [2.05, 4.69) is 20.3 Å². The fraction of sp³-hybridized carbons (Fsp3) is 0.200. The van der Waals surface area contributed by atoms with Crippen LogP contribution in [0.4, 0.5) is 5.69 Å². The standard InChI is InChI=1S/C10H12N4/c1-8-6-13-10(14-8)7-12-9-2-4-11-5-3-9/h2-6H,7H2,1H3,(H,11,12)(H,13,14). The van der Waals surface area contributed by atoms with E-state index in [4.69, 9.17) is 0 Å². The van der Waals surface area contributed by atoms with E-state index in [-0.39, 0.29) is 0 Å². The second-order valence-corrected chi connectivity index (χ2v) is 3.10. The van der Waals surface area contributed by atoms with Gasteiger partial charge >= 0.3 is 0 Å². The Kier molecular flexibility index (Phi) is 2.44. The molecule has 4 heteroatoms. The maximum Gasteiger partial charge on any atom is 0.125 e. The molecule has 72 valence electrons. The van der Waals surface area contributed by atoms with E-state index in [1.165, 1.54) is 0 Å². The zero-order valence-electron chi connectivity index (χ0n) is 7.99. The Balaban J connectivity index is 1.95. The molecule has 2 heterocycles. The monoisotopic (exact) mass is 188 g/mol. The van der Waals surface area contributed by atoms with Crippen molar-refractivity contribution in [3.63, 3.8) is 0 Å². The van der Waals surface area contributed by atoms with Crippen LogP contribution in [-0.2, 0) is 6.54 Å². The molecular formula is C10H12N4. The number of imidazole rings is 1. The van der Waals surface area contributed by atoms with E-state index >= 15 is 0 Å². The molecule has 4 nitrogen and oxygen atoms in total. The van der Waals surface area contributed by atoms with Crippen LogP contribution < -0.4 is 5.32 Å². The topological polar surface area (TPSA) is 53.6 Å². The second-order valence-electron chi connectivity index (χ2n) is 3.10. The van der Waals surface area contributed by atoms with Crippen LogP contribution in [0.2, 0.25) is 0 Å². The highest BCUT2D eigenvalue weighted by Gasteiger charge is 1.96. The molecule has 2 aromatic heterocycles. The molecule has 0 aliphatic carbocycles. The van der Waals surface area contributed by atoms with Gasteiger partial charge in [-0.05, 0) is 19.1 Å². The Morgan fingerprint density at radius 3 is 2.79 bits per heavy atom. The molecule has 0 fully saturated rings. The molecule has 0 atom stereocenters. The number of pyridine rings is 1. The van der Waals surface area contributed by atoms with Crippen molar-refractivity contribution < 1.29 is 0 Å². The lowest BCUT2D eigenvalue weighted by Gasteiger charge is -2.02. The molecule has 0 saturated carbocycles. The second kappa shape index (κ2) is 3.91. The lowest BCUT2D eigenvalue weighted by Crippen LogP contribution is -2.00. The molecule has 0 aliphatic heterocycles. The van der Waals surface area contributed by atoms with Crippen molar-refractivity contribution in [1.82, 2.24) is 15.0 Å². The summed E-state index contributed by atoms with van der Waals surface area (Å²) in [5.74, 6) is 0.944. The SMILES string of the molecule is Cc1cnc(CNc2ccncc2)[nH]1. The molecule has 2 rings (SSSR count). The maximum atomic E-state index is 4.20. The van der Waals surface area contributed by atoms with Gasteiger partial charge in [0.05, 0.1) is 6.54 Å². The lowest BCUT2D eigenvalue weighted by molar-refractivity contribution is 0.991. The number of anilines is 1. The third kappa shape index (κ3) is 2.10. The summed E-state index contributed by atoms with van der Waals surface area (Å²) >= 11 is 0. The Hall–Kier alpha value is -1.84. The first kappa shape index (κ1) is 8.74. The van der Waals surface area contributed by atoms with Crippen LogP contribution in [0.25, 0.3) is 0 Å². The number of hydrogen-bond donors (Lipinski definition) is 2. The van der Waals surface area contributed by atoms with Crippen LogP contribution in [-0.4, -0.2) is 15.0 Å². The van der Waals surface area contributed by atoms with Gasteiger partial charge in [0.2, 0.25) is 0 Å². The fourth-order valence-corrected chi connectivity index (χ4v) is 1.21. The minimum absolute atomic E-state index is 0.706. The molecule has 0 spiro atoms. The molecule has 0 saturated heterocycles. The van der Waals surface area contributed by atoms with Crippen molar-refractivity contribution in [2.75, 3.05) is 5.32 Å². The van der Waals surface area contributed by atoms with Crippen LogP contribution in [0.5, 0.6) is 0 Å². The van der Waals surface area contributed by atoms with Gasteiger partial charge in [-0.25, -0.2) is 4.98 Å². The Labute approximate surface area is 82.4 Å². The summed E-state index contributed by atoms with van der Waals surface area (Å²) in [4.78, 5) is 11.3. The molecule has 2 N–H and O–H groups in total. The fourth-order valence-electron chi connectivity index (χ4n) is 1.21. The molecule has 0 bridgehead atoms. The first-order valence-corrected chi connectivity index (χ1v) is 4.49. The van der Waals surface area contributed by atoms with Crippen LogP contribution >= 0.6 is 0 Å². The van der Waals surface area contributed by atoms with Gasteiger partial charge in [0.25, 0.3) is 0 Å². The number of rotatable bonds is 3. The molecule has 14 heavy (non-hydrogen) atoms. The van der Waals surface area contributed by atoms with E-state index in [1.807, 2.05) is 25.3 Å². The highest BCUT2D eigenvalue weighted by atomic mass is 15.0. The highest BCUT2D eigenvalue weighted by Crippen LogP contribution is 2.05. The van der Waals surface area contributed by atoms with Crippen molar-refractivity contribution in [2.24, 2.45) is 0 Å². The van der Waals surface area contributed by atoms with Gasteiger partial charge in [-0.1, -0.05) is 0 Å². The third-order valence-corrected chi connectivity index (χ3v) is 1.90. The first-order valence-electron chi connectivity index (χ1n) is 4.49. The lowest BCUT2D eigenvalue weighted by atomic mass is 10.4. The van der Waals surface area contributed by atoms with Crippen LogP contribution in [0, 0.1) is 6.92 Å². The molecule has 0 amide bonds. The minimum Gasteiger partial charge on any atom is -0.378 e. The summed E-state index contributed by atoms with van der Waals surface area (Å²) in [6.45, 7) is 2.70. The Morgan fingerprint density at radius 2 is 2.14 bits per heavy atom. The number of H-pyrrole nitrogens is 1. The van der Waals surface area contributed by atoms with Gasteiger partial charge in [-0.3, -0.25) is 4.98 Å². The molecular weight excluding hydrogens is 176 g/mol. The predicted octanol–water partition coefficient (Wildman–Crippen LogP) is 1.73. The van der Waals surface area contributed by atoms with Crippen molar-refractivity contribution in [3.05, 3.63) is 42.2 Å². The van der Waals surface area contributed by atoms with E-state index in [9.17, 15) is 0 Å². The van der Waals surface area contributed by atoms with Gasteiger partial charge in [0, 0.05) is 30.0 Å². The molecule has 0 aromatic carbocycles. The van der Waals surface area contributed by atoms with Gasteiger partial charge in [0.15, 0.2) is 0 Å². The average Bonchev–Trinajstić information content (AvgIpc) is 2.63. The minimum atomic E-state index is 0.706. The van der Waals surface area contributed by atoms with Crippen LogP contribution in [0.15, 0.2) is 30.7 Å². The summed E-state index contributed by atoms with van der Waals surface area (Å²) in [5.41, 5.74) is 2.13. The number of hydrogen-bond acceptors (Lipinski definition) is 3. The number of aromatic amines is 1. The number of nitrogens with one attached hydrogen (secondary N) is 2. The smallest absolute Gasteiger partial charge is 0.125 e. The summed E-state index contributed by atoms with van der Waals surface area (Å²) in [6.07, 6.45) is 5.34. The maximum absolute atomic E-state index is 4.20. The largest absolute Gasteiger partial charge is 0.378 e. The molecule has 2 aromatic rings. The Morgan fingerprint density at radius 1 is 1.36 bits per heavy atom. The molecule has 0 unspecified atom stereocenters. The summed E-state index contributed by atoms with van der Waals surface area (Å²) in [5, 5.41) is 3.24. The molecule has 0 aliphatic rings. The number of aromatic nitrogens is 3. The van der Waals surface area contributed by atoms with Crippen molar-refractivity contribution in [1.29, 1.82) is 0 Å². The quantitative estimate of drug-likeness (QED) is 0.771. The highest BCUT2D eigenvalue weighted by molar-refractivity contribution is 5.40. The zero-order chi connectivity index (χ0) is 9.80. The van der Waals surface area contributed by atoms with E-state index in [1.54, 1.807) is 12.4 Å². The van der Waals surface area contributed by atoms with Crippen LogP contribution in [0.1, 0.15) is 11.5 Å². The van der Waals surface area contributed by atoms with Crippen molar-refractivity contribution in [3.8, 4) is 0 Å². The van der Waals surface area contributed by atoms with Gasteiger partial charge in [0.1, 0.15) is 5.82 Å². The summed E-state index contributed by atoms with van der Waals surface area (Å²) in [7, 11) is 0. The molecule has 0 radical (unpaired) electrons. The van der Waals surface area contributed by atoms with Gasteiger partial charge in [-0.2, -0.15) is 0 Å². The zero-order valence-corrected chi connectivity index (χ0v) is 7.99. The van der Waals surface area contributed by atoms with E-state index < -0.39 is 0 Å². The van der Waals surface area contributed by atoms with Crippen molar-refractivity contribution >= 4 is 5.69 Å². The summed E-state index contributed by atoms with van der Waals surface area (Å²) < 4.78 is 0. The summed E-state index contributed by atoms with van der Waals surface area (Å²) in [6, 6.07) is 3.85. The Bertz CT molecular complexity index is 394.